The van der Waals surface area contributed by atoms with E-state index in [1.54, 1.807) is 25.6 Å². The number of thiazole rings is 1. The number of hydrogen-bond donors (Lipinski definition) is 1. The van der Waals surface area contributed by atoms with Gasteiger partial charge in [-0.1, -0.05) is 13.8 Å². The van der Waals surface area contributed by atoms with Crippen LogP contribution < -0.4 is 10.1 Å². The fraction of sp³-hybridized carbons (Fsp3) is 0.391. The molecule has 0 aliphatic heterocycles. The summed E-state index contributed by atoms with van der Waals surface area (Å²) >= 11 is 1.60. The minimum absolute atomic E-state index is 0.0843. The van der Waals surface area contributed by atoms with Gasteiger partial charge in [-0.3, -0.25) is 4.79 Å². The highest BCUT2D eigenvalue weighted by Gasteiger charge is 2.20. The topological polar surface area (TPSA) is 65.4 Å². The molecule has 1 amide bonds. The van der Waals surface area contributed by atoms with Crippen LogP contribution in [0.4, 0.5) is 0 Å². The fourth-order valence-corrected chi connectivity index (χ4v) is 4.13. The van der Waals surface area contributed by atoms with Crippen molar-refractivity contribution in [1.29, 1.82) is 0 Å². The minimum atomic E-state index is -0.0843. The molecule has 2 aromatic heterocycles. The minimum Gasteiger partial charge on any atom is -0.497 e. The summed E-state index contributed by atoms with van der Waals surface area (Å²) in [7, 11) is 3.28. The third kappa shape index (κ3) is 4.91. The Bertz CT molecular complexity index is 990. The van der Waals surface area contributed by atoms with E-state index in [1.807, 2.05) is 37.3 Å². The van der Waals surface area contributed by atoms with Gasteiger partial charge in [0.05, 0.1) is 30.7 Å². The first-order valence-corrected chi connectivity index (χ1v) is 10.9. The highest BCUT2D eigenvalue weighted by atomic mass is 32.1. The molecule has 1 N–H and O–H groups in total. The predicted octanol–water partition coefficient (Wildman–Crippen LogP) is 4.63. The maximum Gasteiger partial charge on any atom is 0.253 e. The number of aromatic nitrogens is 2. The molecule has 30 heavy (non-hydrogen) atoms. The van der Waals surface area contributed by atoms with Crippen molar-refractivity contribution in [3.8, 4) is 27.7 Å². The summed E-state index contributed by atoms with van der Waals surface area (Å²) in [4.78, 5) is 17.6. The predicted molar refractivity (Wildman–Crippen MR) is 121 cm³/mol. The van der Waals surface area contributed by atoms with Gasteiger partial charge in [0.15, 0.2) is 0 Å². The van der Waals surface area contributed by atoms with Crippen LogP contribution in [0.5, 0.6) is 5.75 Å². The molecule has 0 atom stereocenters. The summed E-state index contributed by atoms with van der Waals surface area (Å²) in [6.45, 7) is 8.13. The lowest BCUT2D eigenvalue weighted by Gasteiger charge is -2.13. The molecule has 3 rings (SSSR count). The number of benzene rings is 1. The summed E-state index contributed by atoms with van der Waals surface area (Å²) < 4.78 is 12.5. The Hall–Kier alpha value is -2.64. The van der Waals surface area contributed by atoms with Gasteiger partial charge < -0.3 is 19.4 Å². The van der Waals surface area contributed by atoms with Gasteiger partial charge in [-0.25, -0.2) is 4.98 Å². The molecule has 6 nitrogen and oxygen atoms in total. The number of nitrogens with zero attached hydrogens (tertiary/aromatic N) is 2. The molecule has 2 heterocycles. The molecule has 0 bridgehead atoms. The zero-order valence-corrected chi connectivity index (χ0v) is 19.0. The normalized spacial score (nSPS) is 11.1. The van der Waals surface area contributed by atoms with E-state index >= 15 is 0 Å². The van der Waals surface area contributed by atoms with Crippen molar-refractivity contribution in [3.63, 3.8) is 0 Å². The molecule has 0 fully saturated rings. The molecule has 0 aliphatic rings. The summed E-state index contributed by atoms with van der Waals surface area (Å²) in [5.41, 5.74) is 4.52. The second kappa shape index (κ2) is 9.91. The van der Waals surface area contributed by atoms with Crippen LogP contribution in [0.1, 0.15) is 29.9 Å². The van der Waals surface area contributed by atoms with E-state index in [9.17, 15) is 4.79 Å². The van der Waals surface area contributed by atoms with Crippen molar-refractivity contribution in [3.05, 3.63) is 47.0 Å². The highest BCUT2D eigenvalue weighted by molar-refractivity contribution is 7.13. The number of amides is 1. The van der Waals surface area contributed by atoms with Crippen LogP contribution >= 0.6 is 11.3 Å². The van der Waals surface area contributed by atoms with Gasteiger partial charge in [0.25, 0.3) is 5.91 Å². The lowest BCUT2D eigenvalue weighted by Crippen LogP contribution is -2.27. The number of ether oxygens (including phenoxy) is 2. The Labute approximate surface area is 181 Å². The van der Waals surface area contributed by atoms with Gasteiger partial charge in [0.2, 0.25) is 0 Å². The molecule has 0 radical (unpaired) electrons. The zero-order chi connectivity index (χ0) is 21.7. The number of methoxy groups -OCH3 is 2. The third-order valence-corrected chi connectivity index (χ3v) is 5.75. The van der Waals surface area contributed by atoms with Crippen molar-refractivity contribution in [2.75, 3.05) is 27.4 Å². The number of nitrogens with one attached hydrogen (secondary N) is 1. The smallest absolute Gasteiger partial charge is 0.253 e. The molecule has 1 aromatic carbocycles. The molecule has 0 saturated carbocycles. The SMILES string of the molecule is COCCNC(=O)c1cc(-c2csc(-c3ccc(OC)cc3)n2)n(CC(C)C)c1C. The van der Waals surface area contributed by atoms with Crippen LogP contribution in [0.15, 0.2) is 35.7 Å². The molecule has 0 spiro atoms. The summed E-state index contributed by atoms with van der Waals surface area (Å²) in [6.07, 6.45) is 0. The molecular weight excluding hydrogens is 398 g/mol. The molecule has 7 heteroatoms. The van der Waals surface area contributed by atoms with Crippen molar-refractivity contribution in [2.45, 2.75) is 27.3 Å². The van der Waals surface area contributed by atoms with Gasteiger partial charge in [0.1, 0.15) is 10.8 Å². The van der Waals surface area contributed by atoms with Gasteiger partial charge in [-0.15, -0.1) is 11.3 Å². The number of carbonyl (C=O) groups excluding carboxylic acids is 1. The van der Waals surface area contributed by atoms with Crippen molar-refractivity contribution in [2.24, 2.45) is 5.92 Å². The Morgan fingerprint density at radius 1 is 1.23 bits per heavy atom. The first-order valence-electron chi connectivity index (χ1n) is 10.0. The Balaban J connectivity index is 1.94. The second-order valence-electron chi connectivity index (χ2n) is 7.55. The van der Waals surface area contributed by atoms with Gasteiger partial charge in [0, 0.05) is 36.8 Å². The lowest BCUT2D eigenvalue weighted by atomic mass is 10.2. The number of carbonyl (C=O) groups is 1. The van der Waals surface area contributed by atoms with E-state index < -0.39 is 0 Å². The van der Waals surface area contributed by atoms with Gasteiger partial charge >= 0.3 is 0 Å². The number of rotatable bonds is 9. The van der Waals surface area contributed by atoms with Crippen molar-refractivity contribution < 1.29 is 14.3 Å². The summed E-state index contributed by atoms with van der Waals surface area (Å²) in [5.74, 6) is 1.18. The van der Waals surface area contributed by atoms with E-state index in [-0.39, 0.29) is 5.91 Å². The molecule has 3 aromatic rings. The Morgan fingerprint density at radius 3 is 2.60 bits per heavy atom. The standard InChI is InChI=1S/C23H29N3O3S/c1-15(2)13-26-16(3)19(22(27)24-10-11-28-4)12-21(26)20-14-30-23(25-20)17-6-8-18(29-5)9-7-17/h6-9,12,14-15H,10-11,13H2,1-5H3,(H,24,27). The van der Waals surface area contributed by atoms with E-state index in [4.69, 9.17) is 14.5 Å². The average Bonchev–Trinajstić information content (AvgIpc) is 3.34. The van der Waals surface area contributed by atoms with Crippen molar-refractivity contribution >= 4 is 17.2 Å². The van der Waals surface area contributed by atoms with Gasteiger partial charge in [-0.2, -0.15) is 0 Å². The molecular formula is C23H29N3O3S. The van der Waals surface area contributed by atoms with Crippen molar-refractivity contribution in [1.82, 2.24) is 14.9 Å². The summed E-state index contributed by atoms with van der Waals surface area (Å²) in [6, 6.07) is 9.84. The van der Waals surface area contributed by atoms with Crippen LogP contribution in [-0.4, -0.2) is 42.8 Å². The van der Waals surface area contributed by atoms with E-state index in [0.717, 1.165) is 39.9 Å². The number of hydrogen-bond acceptors (Lipinski definition) is 5. The molecule has 160 valence electrons. The van der Waals surface area contributed by atoms with Crippen LogP contribution in [0.25, 0.3) is 22.0 Å². The summed E-state index contributed by atoms with van der Waals surface area (Å²) in [5, 5.41) is 5.91. The first-order chi connectivity index (χ1) is 14.4. The van der Waals surface area contributed by atoms with Crippen LogP contribution in [0.2, 0.25) is 0 Å². The fourth-order valence-electron chi connectivity index (χ4n) is 3.31. The third-order valence-electron chi connectivity index (χ3n) is 4.85. The monoisotopic (exact) mass is 427 g/mol. The first kappa shape index (κ1) is 22.1. The molecule has 0 unspecified atom stereocenters. The Morgan fingerprint density at radius 2 is 1.97 bits per heavy atom. The highest BCUT2D eigenvalue weighted by Crippen LogP contribution is 2.32. The van der Waals surface area contributed by atoms with Crippen LogP contribution in [0.3, 0.4) is 0 Å². The van der Waals surface area contributed by atoms with Gasteiger partial charge in [-0.05, 0) is 43.2 Å². The zero-order valence-electron chi connectivity index (χ0n) is 18.2. The maximum absolute atomic E-state index is 12.7. The van der Waals surface area contributed by atoms with Crippen LogP contribution in [-0.2, 0) is 11.3 Å². The average molecular weight is 428 g/mol. The largest absolute Gasteiger partial charge is 0.497 e. The van der Waals surface area contributed by atoms with E-state index in [1.165, 1.54) is 0 Å². The van der Waals surface area contributed by atoms with Crippen LogP contribution in [0, 0.1) is 12.8 Å². The molecule has 0 saturated heterocycles. The lowest BCUT2D eigenvalue weighted by molar-refractivity contribution is 0.0936. The maximum atomic E-state index is 12.7. The quantitative estimate of drug-likeness (QED) is 0.506. The Kier molecular flexibility index (Phi) is 7.29. The van der Waals surface area contributed by atoms with E-state index in [0.29, 0.717) is 24.6 Å². The second-order valence-corrected chi connectivity index (χ2v) is 8.41. The van der Waals surface area contributed by atoms with E-state index in [2.05, 4.69) is 29.1 Å². The molecule has 0 aliphatic carbocycles.